The predicted molar refractivity (Wildman–Crippen MR) is 60.6 cm³/mol. The van der Waals surface area contributed by atoms with Gasteiger partial charge in [0.05, 0.1) is 18.7 Å². The lowest BCUT2D eigenvalue weighted by Gasteiger charge is -2.02. The summed E-state index contributed by atoms with van der Waals surface area (Å²) in [5, 5.41) is 8.84. The summed E-state index contributed by atoms with van der Waals surface area (Å²) in [7, 11) is 1.60. The second kappa shape index (κ2) is 5.36. The van der Waals surface area contributed by atoms with Gasteiger partial charge in [-0.2, -0.15) is 17.9 Å². The summed E-state index contributed by atoms with van der Waals surface area (Å²) in [5.41, 5.74) is 1.50. The lowest BCUT2D eigenvalue weighted by molar-refractivity contribution is 0.414. The second-order valence-electron chi connectivity index (χ2n) is 2.65. The smallest absolute Gasteiger partial charge is 0.119 e. The molecule has 0 N–H and O–H groups in total. The molecule has 0 aliphatic rings. The highest BCUT2D eigenvalue weighted by molar-refractivity contribution is 7.80. The Bertz CT molecular complexity index is 379. The van der Waals surface area contributed by atoms with Crippen LogP contribution in [0.5, 0.6) is 5.75 Å². The molecule has 0 spiro atoms. The van der Waals surface area contributed by atoms with Crippen molar-refractivity contribution in [3.63, 3.8) is 0 Å². The molecule has 0 bridgehead atoms. The maximum Gasteiger partial charge on any atom is 0.119 e. The van der Waals surface area contributed by atoms with E-state index in [2.05, 4.69) is 18.7 Å². The summed E-state index contributed by atoms with van der Waals surface area (Å²) in [6.07, 6.45) is 3.76. The van der Waals surface area contributed by atoms with E-state index in [-0.39, 0.29) is 0 Å². The first kappa shape index (κ1) is 10.7. The molecule has 0 saturated carbocycles. The Morgan fingerprint density at radius 2 is 2.36 bits per heavy atom. The van der Waals surface area contributed by atoms with Crippen LogP contribution in [0.2, 0.25) is 0 Å². The van der Waals surface area contributed by atoms with E-state index in [0.29, 0.717) is 11.3 Å². The molecular weight excluding hydrogens is 194 g/mol. The van der Waals surface area contributed by atoms with Gasteiger partial charge in [0.15, 0.2) is 0 Å². The number of benzene rings is 1. The number of ether oxygens (including phenoxy) is 1. The lowest BCUT2D eigenvalue weighted by Crippen LogP contribution is -1.86. The van der Waals surface area contributed by atoms with Crippen molar-refractivity contribution in [3.8, 4) is 11.8 Å². The third-order valence-electron chi connectivity index (χ3n) is 1.78. The SMILES string of the molecule is COc1ccc(C#N)c(C=CCS)c1. The molecule has 14 heavy (non-hydrogen) atoms. The van der Waals surface area contributed by atoms with Gasteiger partial charge in [0.1, 0.15) is 5.75 Å². The Balaban J connectivity index is 3.10. The number of methoxy groups -OCH3 is 1. The molecule has 0 radical (unpaired) electrons. The van der Waals surface area contributed by atoms with Crippen LogP contribution in [0.25, 0.3) is 6.08 Å². The quantitative estimate of drug-likeness (QED) is 0.769. The summed E-state index contributed by atoms with van der Waals surface area (Å²) in [6, 6.07) is 7.48. The fourth-order valence-electron chi connectivity index (χ4n) is 1.09. The van der Waals surface area contributed by atoms with Crippen LogP contribution in [0.3, 0.4) is 0 Å². The number of rotatable bonds is 3. The highest BCUT2D eigenvalue weighted by Gasteiger charge is 1.99. The molecule has 1 aromatic rings. The van der Waals surface area contributed by atoms with Gasteiger partial charge in [-0.1, -0.05) is 12.2 Å². The van der Waals surface area contributed by atoms with Crippen molar-refractivity contribution in [1.29, 1.82) is 5.26 Å². The summed E-state index contributed by atoms with van der Waals surface area (Å²) in [5.74, 6) is 1.41. The van der Waals surface area contributed by atoms with Gasteiger partial charge in [-0.05, 0) is 23.8 Å². The van der Waals surface area contributed by atoms with Crippen molar-refractivity contribution in [3.05, 3.63) is 35.4 Å². The minimum absolute atomic E-state index is 0.642. The van der Waals surface area contributed by atoms with Crippen LogP contribution in [0.1, 0.15) is 11.1 Å². The number of thiol groups is 1. The van der Waals surface area contributed by atoms with E-state index in [0.717, 1.165) is 11.3 Å². The van der Waals surface area contributed by atoms with Crippen molar-refractivity contribution in [2.45, 2.75) is 0 Å². The Morgan fingerprint density at radius 3 is 2.93 bits per heavy atom. The summed E-state index contributed by atoms with van der Waals surface area (Å²) >= 11 is 4.06. The highest BCUT2D eigenvalue weighted by atomic mass is 32.1. The zero-order chi connectivity index (χ0) is 10.4. The molecule has 1 aromatic carbocycles. The molecule has 1 rings (SSSR count). The van der Waals surface area contributed by atoms with E-state index in [1.165, 1.54) is 0 Å². The normalized spacial score (nSPS) is 10.1. The molecule has 0 atom stereocenters. The molecule has 0 amide bonds. The molecule has 0 unspecified atom stereocenters. The lowest BCUT2D eigenvalue weighted by atomic mass is 10.1. The first-order valence-electron chi connectivity index (χ1n) is 4.17. The van der Waals surface area contributed by atoms with Crippen LogP contribution in [-0.4, -0.2) is 12.9 Å². The average Bonchev–Trinajstić information content (AvgIpc) is 2.25. The van der Waals surface area contributed by atoms with E-state index in [4.69, 9.17) is 10.00 Å². The van der Waals surface area contributed by atoms with Crippen LogP contribution in [0.4, 0.5) is 0 Å². The fourth-order valence-corrected chi connectivity index (χ4v) is 1.19. The van der Waals surface area contributed by atoms with Gasteiger partial charge in [0.25, 0.3) is 0 Å². The minimum Gasteiger partial charge on any atom is -0.497 e. The van der Waals surface area contributed by atoms with E-state index in [9.17, 15) is 0 Å². The summed E-state index contributed by atoms with van der Waals surface area (Å²) in [6.45, 7) is 0. The van der Waals surface area contributed by atoms with Gasteiger partial charge < -0.3 is 4.74 Å². The maximum atomic E-state index is 8.84. The Morgan fingerprint density at radius 1 is 1.57 bits per heavy atom. The van der Waals surface area contributed by atoms with Crippen molar-refractivity contribution in [1.82, 2.24) is 0 Å². The van der Waals surface area contributed by atoms with Crippen molar-refractivity contribution >= 4 is 18.7 Å². The van der Waals surface area contributed by atoms with Crippen LogP contribution in [-0.2, 0) is 0 Å². The second-order valence-corrected chi connectivity index (χ2v) is 3.02. The van der Waals surface area contributed by atoms with E-state index < -0.39 is 0 Å². The van der Waals surface area contributed by atoms with Gasteiger partial charge in [-0.3, -0.25) is 0 Å². The molecular formula is C11H11NOS. The van der Waals surface area contributed by atoms with Crippen molar-refractivity contribution < 1.29 is 4.74 Å². The molecule has 0 aliphatic heterocycles. The third kappa shape index (κ3) is 2.54. The van der Waals surface area contributed by atoms with Crippen molar-refractivity contribution in [2.24, 2.45) is 0 Å². The average molecular weight is 205 g/mol. The van der Waals surface area contributed by atoms with Crippen LogP contribution >= 0.6 is 12.6 Å². The zero-order valence-electron chi connectivity index (χ0n) is 7.90. The van der Waals surface area contributed by atoms with Crippen LogP contribution in [0.15, 0.2) is 24.3 Å². The number of hydrogen-bond donors (Lipinski definition) is 1. The van der Waals surface area contributed by atoms with E-state index in [1.54, 1.807) is 19.2 Å². The highest BCUT2D eigenvalue weighted by Crippen LogP contribution is 2.18. The Kier molecular flexibility index (Phi) is 4.09. The van der Waals surface area contributed by atoms with Gasteiger partial charge >= 0.3 is 0 Å². The number of nitriles is 1. The van der Waals surface area contributed by atoms with E-state index in [1.807, 2.05) is 18.2 Å². The first-order valence-corrected chi connectivity index (χ1v) is 4.80. The topological polar surface area (TPSA) is 33.0 Å². The van der Waals surface area contributed by atoms with Gasteiger partial charge in [0, 0.05) is 5.75 Å². The maximum absolute atomic E-state index is 8.84. The molecule has 3 heteroatoms. The third-order valence-corrected chi connectivity index (χ3v) is 1.99. The van der Waals surface area contributed by atoms with Gasteiger partial charge in [-0.25, -0.2) is 0 Å². The molecule has 0 saturated heterocycles. The molecule has 0 aromatic heterocycles. The summed E-state index contributed by atoms with van der Waals surface area (Å²) < 4.78 is 5.07. The number of hydrogen-bond acceptors (Lipinski definition) is 3. The molecule has 0 aliphatic carbocycles. The minimum atomic E-state index is 0.642. The predicted octanol–water partition coefficient (Wildman–Crippen LogP) is 2.51. The fraction of sp³-hybridized carbons (Fsp3) is 0.182. The molecule has 2 nitrogen and oxygen atoms in total. The largest absolute Gasteiger partial charge is 0.497 e. The number of nitrogens with zero attached hydrogens (tertiary/aromatic N) is 1. The standard InChI is InChI=1S/C11H11NOS/c1-13-11-5-4-10(8-12)9(7-11)3-2-6-14/h2-5,7,14H,6H2,1H3. The van der Waals surface area contributed by atoms with Crippen LogP contribution < -0.4 is 4.74 Å². The monoisotopic (exact) mass is 205 g/mol. The van der Waals surface area contributed by atoms with Crippen molar-refractivity contribution in [2.75, 3.05) is 12.9 Å². The van der Waals surface area contributed by atoms with Crippen LogP contribution in [0, 0.1) is 11.3 Å². The molecule has 0 fully saturated rings. The zero-order valence-corrected chi connectivity index (χ0v) is 8.79. The summed E-state index contributed by atoms with van der Waals surface area (Å²) in [4.78, 5) is 0. The Hall–Kier alpha value is -1.40. The van der Waals surface area contributed by atoms with E-state index >= 15 is 0 Å². The molecule has 72 valence electrons. The van der Waals surface area contributed by atoms with Gasteiger partial charge in [0.2, 0.25) is 0 Å². The molecule has 0 heterocycles. The van der Waals surface area contributed by atoms with Gasteiger partial charge in [-0.15, -0.1) is 0 Å². The Labute approximate surface area is 89.2 Å². The first-order chi connectivity index (χ1) is 6.81.